The fourth-order valence-corrected chi connectivity index (χ4v) is 4.57. The maximum absolute atomic E-state index is 15.0. The highest BCUT2D eigenvalue weighted by Gasteiger charge is 2.63. The molecule has 0 radical (unpaired) electrons. The highest BCUT2D eigenvalue weighted by atomic mass is 19.1. The molecule has 4 heteroatoms. The Morgan fingerprint density at radius 2 is 2.04 bits per heavy atom. The Kier molecular flexibility index (Phi) is 3.94. The molecule has 2 bridgehead atoms. The van der Waals surface area contributed by atoms with Crippen molar-refractivity contribution in [2.75, 3.05) is 0 Å². The third-order valence-electron chi connectivity index (χ3n) is 6.75. The highest BCUT2D eigenvalue weighted by Crippen LogP contribution is 2.66. The molecule has 4 atom stereocenters. The molecule has 2 fully saturated rings. The number of hydrogen-bond acceptors (Lipinski definition) is 3. The van der Waals surface area contributed by atoms with E-state index in [0.717, 1.165) is 19.3 Å². The first-order valence-electron chi connectivity index (χ1n) is 8.58. The summed E-state index contributed by atoms with van der Waals surface area (Å²) in [5.74, 6) is -0.547. The van der Waals surface area contributed by atoms with Gasteiger partial charge < -0.3 is 4.74 Å². The van der Waals surface area contributed by atoms with Crippen LogP contribution in [0.15, 0.2) is 30.3 Å². The van der Waals surface area contributed by atoms with Gasteiger partial charge in [0.25, 0.3) is 5.67 Å². The van der Waals surface area contributed by atoms with Crippen molar-refractivity contribution in [3.8, 4) is 6.07 Å². The van der Waals surface area contributed by atoms with Crippen molar-refractivity contribution in [3.05, 3.63) is 35.9 Å². The third-order valence-corrected chi connectivity index (χ3v) is 6.75. The van der Waals surface area contributed by atoms with Crippen molar-refractivity contribution in [3.63, 3.8) is 0 Å². The quantitative estimate of drug-likeness (QED) is 0.777. The largest absolute Gasteiger partial charge is 0.459 e. The van der Waals surface area contributed by atoms with Gasteiger partial charge in [0.15, 0.2) is 0 Å². The lowest BCUT2D eigenvalue weighted by Crippen LogP contribution is -2.44. The molecule has 3 rings (SSSR count). The topological polar surface area (TPSA) is 50.1 Å². The number of carbonyl (C=O) groups excluding carboxylic acids is 1. The lowest BCUT2D eigenvalue weighted by atomic mass is 9.70. The average molecular weight is 329 g/mol. The van der Waals surface area contributed by atoms with Gasteiger partial charge in [-0.2, -0.15) is 5.26 Å². The van der Waals surface area contributed by atoms with Gasteiger partial charge in [-0.3, -0.25) is 0 Å². The smallest absolute Gasteiger partial charge is 0.359 e. The number of ether oxygens (including phenoxy) is 1. The van der Waals surface area contributed by atoms with Gasteiger partial charge >= 0.3 is 5.97 Å². The molecule has 1 aromatic rings. The number of benzene rings is 1. The average Bonchev–Trinajstić information content (AvgIpc) is 2.89. The summed E-state index contributed by atoms with van der Waals surface area (Å²) in [7, 11) is 0. The molecule has 0 spiro atoms. The Balaban J connectivity index is 1.76. The van der Waals surface area contributed by atoms with Crippen molar-refractivity contribution in [1.29, 1.82) is 5.26 Å². The van der Waals surface area contributed by atoms with Crippen LogP contribution in [0.5, 0.6) is 0 Å². The number of fused-ring (bicyclic) bond motifs is 2. The van der Waals surface area contributed by atoms with E-state index in [0.29, 0.717) is 11.5 Å². The molecule has 0 aromatic heterocycles. The standard InChI is InChI=1S/C20H24FNO2/c1-18(2)15-9-10-19(18,3)16(11-15)24-17(23)20(21,13-22)12-14-7-5-4-6-8-14/h4-8,15-16H,9-12H2,1-3H3. The Morgan fingerprint density at radius 3 is 2.54 bits per heavy atom. The second-order valence-electron chi connectivity index (χ2n) is 8.08. The van der Waals surface area contributed by atoms with Crippen molar-refractivity contribution in [2.45, 2.75) is 58.2 Å². The summed E-state index contributed by atoms with van der Waals surface area (Å²) in [6.45, 7) is 6.53. The van der Waals surface area contributed by atoms with E-state index in [9.17, 15) is 14.4 Å². The van der Waals surface area contributed by atoms with Gasteiger partial charge in [-0.15, -0.1) is 0 Å². The van der Waals surface area contributed by atoms with Crippen molar-refractivity contribution in [2.24, 2.45) is 16.7 Å². The molecular formula is C20H24FNO2. The van der Waals surface area contributed by atoms with Crippen molar-refractivity contribution >= 4 is 5.97 Å². The molecule has 0 N–H and O–H groups in total. The Hall–Kier alpha value is -1.89. The van der Waals surface area contributed by atoms with Gasteiger partial charge in [-0.25, -0.2) is 9.18 Å². The van der Waals surface area contributed by atoms with Crippen molar-refractivity contribution < 1.29 is 13.9 Å². The van der Waals surface area contributed by atoms with Gasteiger partial charge in [-0.1, -0.05) is 51.1 Å². The summed E-state index contributed by atoms with van der Waals surface area (Å²) < 4.78 is 20.6. The zero-order chi connectivity index (χ0) is 17.6. The molecule has 3 nitrogen and oxygen atoms in total. The molecule has 2 saturated carbocycles. The molecule has 2 aliphatic rings. The van der Waals surface area contributed by atoms with Crippen LogP contribution in [-0.2, 0) is 16.0 Å². The zero-order valence-electron chi connectivity index (χ0n) is 14.5. The van der Waals surface area contributed by atoms with Crippen LogP contribution < -0.4 is 0 Å². The number of hydrogen-bond donors (Lipinski definition) is 0. The van der Waals surface area contributed by atoms with E-state index in [1.54, 1.807) is 24.3 Å². The predicted octanol–water partition coefficient (Wildman–Crippen LogP) is 4.22. The van der Waals surface area contributed by atoms with Crippen LogP contribution in [0.25, 0.3) is 0 Å². The van der Waals surface area contributed by atoms with E-state index in [4.69, 9.17) is 4.74 Å². The van der Waals surface area contributed by atoms with Crippen LogP contribution in [-0.4, -0.2) is 17.7 Å². The van der Waals surface area contributed by atoms with Crippen molar-refractivity contribution in [1.82, 2.24) is 0 Å². The summed E-state index contributed by atoms with van der Waals surface area (Å²) >= 11 is 0. The second kappa shape index (κ2) is 5.58. The summed E-state index contributed by atoms with van der Waals surface area (Å²) in [5, 5.41) is 9.26. The number of halogens is 1. The van der Waals surface area contributed by atoms with E-state index >= 15 is 0 Å². The molecule has 0 aliphatic heterocycles. The van der Waals surface area contributed by atoms with E-state index in [1.807, 2.05) is 6.07 Å². The maximum Gasteiger partial charge on any atom is 0.359 e. The molecule has 0 heterocycles. The van der Waals surface area contributed by atoms with Crippen LogP contribution in [0.3, 0.4) is 0 Å². The summed E-state index contributed by atoms with van der Waals surface area (Å²) in [5.41, 5.74) is -2.10. The minimum absolute atomic E-state index is 0.0724. The SMILES string of the molecule is CC1(C)C2CCC1(C)C(OC(=O)C(F)(C#N)Cc1ccccc1)C2. The maximum atomic E-state index is 15.0. The van der Waals surface area contributed by atoms with Crippen LogP contribution in [0.2, 0.25) is 0 Å². The van der Waals surface area contributed by atoms with Gasteiger partial charge in [0.05, 0.1) is 0 Å². The second-order valence-corrected chi connectivity index (χ2v) is 8.08. The first-order chi connectivity index (χ1) is 11.2. The Morgan fingerprint density at radius 1 is 1.38 bits per heavy atom. The van der Waals surface area contributed by atoms with Crippen LogP contribution >= 0.6 is 0 Å². The number of esters is 1. The summed E-state index contributed by atoms with van der Waals surface area (Å²) in [4.78, 5) is 12.5. The van der Waals surface area contributed by atoms with Crippen LogP contribution in [0, 0.1) is 28.1 Å². The minimum atomic E-state index is -2.64. The van der Waals surface area contributed by atoms with Crippen LogP contribution in [0.4, 0.5) is 4.39 Å². The normalized spacial score (nSPS) is 32.8. The molecule has 0 amide bonds. The molecular weight excluding hydrogens is 305 g/mol. The molecule has 128 valence electrons. The van der Waals surface area contributed by atoms with E-state index in [1.165, 1.54) is 6.07 Å². The van der Waals surface area contributed by atoms with Gasteiger partial charge in [-0.05, 0) is 36.2 Å². The predicted molar refractivity (Wildman–Crippen MR) is 88.7 cm³/mol. The minimum Gasteiger partial charge on any atom is -0.459 e. The highest BCUT2D eigenvalue weighted by molar-refractivity contribution is 5.83. The van der Waals surface area contributed by atoms with Gasteiger partial charge in [0.1, 0.15) is 12.2 Å². The first kappa shape index (κ1) is 17.0. The summed E-state index contributed by atoms with van der Waals surface area (Å²) in [6, 6.07) is 10.3. The Bertz CT molecular complexity index is 681. The monoisotopic (exact) mass is 329 g/mol. The fourth-order valence-electron chi connectivity index (χ4n) is 4.57. The molecule has 4 unspecified atom stereocenters. The number of carbonyl (C=O) groups is 1. The Labute approximate surface area is 142 Å². The van der Waals surface area contributed by atoms with E-state index < -0.39 is 11.6 Å². The van der Waals surface area contributed by atoms with Gasteiger partial charge in [0.2, 0.25) is 0 Å². The van der Waals surface area contributed by atoms with E-state index in [2.05, 4.69) is 20.8 Å². The summed E-state index contributed by atoms with van der Waals surface area (Å²) in [6.07, 6.45) is 2.29. The molecule has 2 aliphatic carbocycles. The third kappa shape index (κ3) is 2.42. The fraction of sp³-hybridized carbons (Fsp3) is 0.600. The first-order valence-corrected chi connectivity index (χ1v) is 8.58. The van der Waals surface area contributed by atoms with Crippen LogP contribution in [0.1, 0.15) is 45.6 Å². The number of nitriles is 1. The lowest BCUT2D eigenvalue weighted by molar-refractivity contribution is -0.167. The zero-order valence-corrected chi connectivity index (χ0v) is 14.5. The van der Waals surface area contributed by atoms with E-state index in [-0.39, 0.29) is 23.4 Å². The number of nitrogens with zero attached hydrogens (tertiary/aromatic N) is 1. The lowest BCUT2D eigenvalue weighted by Gasteiger charge is -2.38. The van der Waals surface area contributed by atoms with Gasteiger partial charge in [0, 0.05) is 11.8 Å². The molecule has 1 aromatic carbocycles. The molecule has 0 saturated heterocycles. The molecule has 24 heavy (non-hydrogen) atoms. The number of alkyl halides is 1. The number of rotatable bonds is 4.